The molecule has 140 valence electrons. The summed E-state index contributed by atoms with van der Waals surface area (Å²) in [6.07, 6.45) is 2.30. The van der Waals surface area contributed by atoms with Gasteiger partial charge in [0.15, 0.2) is 0 Å². The lowest BCUT2D eigenvalue weighted by Crippen LogP contribution is -2.12. The van der Waals surface area contributed by atoms with Crippen molar-refractivity contribution in [2.45, 2.75) is 32.8 Å². The molecular weight excluding hydrogens is 336 g/mol. The van der Waals surface area contributed by atoms with Gasteiger partial charge >= 0.3 is 5.63 Å². The molecule has 1 heterocycles. The molecule has 2 N–H and O–H groups in total. The molecule has 0 spiro atoms. The average Bonchev–Trinajstić information content (AvgIpc) is 2.60. The Bertz CT molecular complexity index is 849. The summed E-state index contributed by atoms with van der Waals surface area (Å²) in [5.41, 5.74) is 2.39. The molecule has 0 unspecified atom stereocenters. The van der Waals surface area contributed by atoms with Crippen LogP contribution in [0.1, 0.15) is 25.3 Å². The Morgan fingerprint density at radius 2 is 2.19 bits per heavy atom. The molecule has 2 aromatic rings. The Balaban J connectivity index is 2.10. The van der Waals surface area contributed by atoms with Crippen LogP contribution in [0.15, 0.2) is 57.3 Å². The molecule has 6 heteroatoms. The molecule has 0 aliphatic rings. The average molecular weight is 360 g/mol. The van der Waals surface area contributed by atoms with Gasteiger partial charge in [-0.25, -0.2) is 9.68 Å². The Kier molecular flexibility index (Phi) is 7.15. The second kappa shape index (κ2) is 9.33. The molecule has 1 aromatic carbocycles. The van der Waals surface area contributed by atoms with Gasteiger partial charge in [0.1, 0.15) is 24.0 Å². The first-order valence-electron chi connectivity index (χ1n) is 8.37. The van der Waals surface area contributed by atoms with Crippen molar-refractivity contribution in [2.75, 3.05) is 13.2 Å². The largest absolute Gasteiger partial charge is 0.488 e. The normalized spacial score (nSPS) is 13.0. The van der Waals surface area contributed by atoms with E-state index in [4.69, 9.17) is 14.4 Å². The quantitative estimate of drug-likeness (QED) is 0.307. The number of hydrogen-bond donors (Lipinski definition) is 2. The number of aliphatic hydroxyl groups excluding tert-OH is 1. The smallest absolute Gasteiger partial charge is 0.339 e. The molecule has 0 radical (unpaired) electrons. The molecule has 0 fully saturated rings. The van der Waals surface area contributed by atoms with Crippen LogP contribution >= 0.6 is 0 Å². The van der Waals surface area contributed by atoms with Crippen molar-refractivity contribution < 1.29 is 24.4 Å². The number of ether oxygens (including phenoxy) is 1. The van der Waals surface area contributed by atoms with Crippen molar-refractivity contribution in [2.24, 2.45) is 0 Å². The van der Waals surface area contributed by atoms with Crippen LogP contribution in [-0.2, 0) is 4.89 Å². The highest BCUT2D eigenvalue weighted by molar-refractivity contribution is 5.86. The third-order valence-electron chi connectivity index (χ3n) is 4.16. The maximum Gasteiger partial charge on any atom is 0.339 e. The molecule has 0 saturated carbocycles. The summed E-state index contributed by atoms with van der Waals surface area (Å²) in [7, 11) is 0. The lowest BCUT2D eigenvalue weighted by Gasteiger charge is -2.14. The zero-order chi connectivity index (χ0) is 19.1. The van der Waals surface area contributed by atoms with Crippen LogP contribution in [0.4, 0.5) is 0 Å². The summed E-state index contributed by atoms with van der Waals surface area (Å²) in [4.78, 5) is 16.1. The fourth-order valence-corrected chi connectivity index (χ4v) is 2.67. The minimum absolute atomic E-state index is 0.131. The Morgan fingerprint density at radius 1 is 1.42 bits per heavy atom. The van der Waals surface area contributed by atoms with Crippen molar-refractivity contribution >= 4 is 11.0 Å². The molecule has 1 atom stereocenters. The number of hydrogen-bond acceptors (Lipinski definition) is 6. The summed E-state index contributed by atoms with van der Waals surface area (Å²) in [5, 5.41) is 19.1. The van der Waals surface area contributed by atoms with Gasteiger partial charge in [-0.3, -0.25) is 5.26 Å². The van der Waals surface area contributed by atoms with Crippen LogP contribution in [0, 0.1) is 6.92 Å². The molecular formula is C20H24O6. The maximum absolute atomic E-state index is 11.7. The third-order valence-corrected chi connectivity index (χ3v) is 4.16. The molecule has 0 amide bonds. The number of benzene rings is 1. The molecule has 0 aliphatic carbocycles. The van der Waals surface area contributed by atoms with E-state index in [1.54, 1.807) is 19.1 Å². The van der Waals surface area contributed by atoms with E-state index in [1.807, 2.05) is 19.1 Å². The van der Waals surface area contributed by atoms with Gasteiger partial charge < -0.3 is 14.3 Å². The molecule has 1 aromatic heterocycles. The lowest BCUT2D eigenvalue weighted by molar-refractivity contribution is -0.269. The van der Waals surface area contributed by atoms with Gasteiger partial charge in [0, 0.05) is 0 Å². The molecule has 0 saturated heterocycles. The van der Waals surface area contributed by atoms with Gasteiger partial charge in [0.05, 0.1) is 18.1 Å². The molecule has 0 aliphatic heterocycles. The number of fused-ring (bicyclic) bond motifs is 1. The first kappa shape index (κ1) is 19.9. The van der Waals surface area contributed by atoms with Crippen molar-refractivity contribution in [3.8, 4) is 5.75 Å². The standard InChI is InChI=1S/C20H24O6/c1-13(2)16(26-23)8-7-15(12-21)9-10-24-18-11-19(22)25-17-6-4-5-14(3)20(17)18/h4-6,9,11,16,21,23H,1,7-8,10,12H2,2-3H3/t16-/m0/s1. The van der Waals surface area contributed by atoms with Crippen molar-refractivity contribution in [3.05, 3.63) is 64.1 Å². The summed E-state index contributed by atoms with van der Waals surface area (Å²) >= 11 is 0. The number of aryl methyl sites for hydroxylation is 1. The van der Waals surface area contributed by atoms with Crippen LogP contribution in [-0.4, -0.2) is 29.7 Å². The highest BCUT2D eigenvalue weighted by Gasteiger charge is 2.11. The van der Waals surface area contributed by atoms with Crippen molar-refractivity contribution in [1.29, 1.82) is 0 Å². The topological polar surface area (TPSA) is 89.1 Å². The minimum atomic E-state index is -0.478. The van der Waals surface area contributed by atoms with Gasteiger partial charge in [-0.05, 0) is 55.5 Å². The van der Waals surface area contributed by atoms with Crippen LogP contribution in [0.5, 0.6) is 5.75 Å². The molecule has 0 bridgehead atoms. The number of rotatable bonds is 9. The monoisotopic (exact) mass is 360 g/mol. The highest BCUT2D eigenvalue weighted by Crippen LogP contribution is 2.27. The van der Waals surface area contributed by atoms with Gasteiger partial charge in [0.25, 0.3) is 0 Å². The van der Waals surface area contributed by atoms with Crippen LogP contribution in [0.2, 0.25) is 0 Å². The summed E-state index contributed by atoms with van der Waals surface area (Å²) < 4.78 is 10.9. The second-order valence-electron chi connectivity index (χ2n) is 6.19. The van der Waals surface area contributed by atoms with E-state index in [0.29, 0.717) is 29.7 Å². The fourth-order valence-electron chi connectivity index (χ4n) is 2.67. The first-order valence-corrected chi connectivity index (χ1v) is 8.37. The Hall–Kier alpha value is -2.41. The third kappa shape index (κ3) is 5.05. The van der Waals surface area contributed by atoms with E-state index >= 15 is 0 Å². The lowest BCUT2D eigenvalue weighted by atomic mass is 10.0. The molecule has 6 nitrogen and oxygen atoms in total. The predicted octanol–water partition coefficient (Wildman–Crippen LogP) is 3.61. The zero-order valence-corrected chi connectivity index (χ0v) is 15.0. The van der Waals surface area contributed by atoms with E-state index in [9.17, 15) is 9.90 Å². The predicted molar refractivity (Wildman–Crippen MR) is 99.4 cm³/mol. The summed E-state index contributed by atoms with van der Waals surface area (Å²) in [6, 6.07) is 6.77. The maximum atomic E-state index is 11.7. The highest BCUT2D eigenvalue weighted by atomic mass is 17.1. The van der Waals surface area contributed by atoms with E-state index in [2.05, 4.69) is 11.5 Å². The zero-order valence-electron chi connectivity index (χ0n) is 15.0. The SMILES string of the molecule is C=C(C)[C@H](CCC(=CCOc1cc(=O)oc2cccc(C)c12)CO)OO. The first-order chi connectivity index (χ1) is 12.5. The Labute approximate surface area is 151 Å². The summed E-state index contributed by atoms with van der Waals surface area (Å²) in [5.74, 6) is 0.446. The molecule has 26 heavy (non-hydrogen) atoms. The van der Waals surface area contributed by atoms with Crippen molar-refractivity contribution in [3.63, 3.8) is 0 Å². The minimum Gasteiger partial charge on any atom is -0.488 e. The second-order valence-corrected chi connectivity index (χ2v) is 6.19. The van der Waals surface area contributed by atoms with E-state index in [0.717, 1.165) is 16.5 Å². The van der Waals surface area contributed by atoms with Crippen LogP contribution in [0.3, 0.4) is 0 Å². The van der Waals surface area contributed by atoms with Crippen LogP contribution < -0.4 is 10.4 Å². The van der Waals surface area contributed by atoms with E-state index < -0.39 is 11.7 Å². The van der Waals surface area contributed by atoms with Gasteiger partial charge in [0.2, 0.25) is 0 Å². The molecule has 2 rings (SSSR count). The van der Waals surface area contributed by atoms with Gasteiger partial charge in [-0.1, -0.05) is 18.7 Å². The Morgan fingerprint density at radius 3 is 2.85 bits per heavy atom. The summed E-state index contributed by atoms with van der Waals surface area (Å²) in [6.45, 7) is 7.49. The van der Waals surface area contributed by atoms with E-state index in [-0.39, 0.29) is 13.2 Å². The van der Waals surface area contributed by atoms with Gasteiger partial charge in [-0.2, -0.15) is 0 Å². The number of aliphatic hydroxyl groups is 1. The van der Waals surface area contributed by atoms with Crippen molar-refractivity contribution in [1.82, 2.24) is 0 Å². The van der Waals surface area contributed by atoms with Gasteiger partial charge in [-0.15, -0.1) is 0 Å². The fraction of sp³-hybridized carbons (Fsp3) is 0.350. The van der Waals surface area contributed by atoms with E-state index in [1.165, 1.54) is 6.07 Å². The van der Waals surface area contributed by atoms with Crippen LogP contribution in [0.25, 0.3) is 11.0 Å².